The summed E-state index contributed by atoms with van der Waals surface area (Å²) in [6.07, 6.45) is 6.11. The molecule has 6 heteroatoms. The Morgan fingerprint density at radius 3 is 2.81 bits per heavy atom. The third-order valence-electron chi connectivity index (χ3n) is 5.02. The number of methoxy groups -OCH3 is 1. The first-order valence-electron chi connectivity index (χ1n) is 8.76. The molecule has 26 heavy (non-hydrogen) atoms. The van der Waals surface area contributed by atoms with Crippen LogP contribution in [0.2, 0.25) is 0 Å². The maximum Gasteiger partial charge on any atom is 0.325 e. The maximum absolute atomic E-state index is 13.0. The van der Waals surface area contributed by atoms with Gasteiger partial charge >= 0.3 is 5.97 Å². The predicted octanol–water partition coefficient (Wildman–Crippen LogP) is 3.49. The normalized spacial score (nSPS) is 13.6. The summed E-state index contributed by atoms with van der Waals surface area (Å²) >= 11 is 1.52. The Balaban J connectivity index is 1.89. The Morgan fingerprint density at radius 1 is 1.27 bits per heavy atom. The van der Waals surface area contributed by atoms with E-state index in [1.165, 1.54) is 53.3 Å². The number of rotatable bonds is 3. The Kier molecular flexibility index (Phi) is 4.36. The van der Waals surface area contributed by atoms with Crippen molar-refractivity contribution >= 4 is 27.5 Å². The molecule has 0 spiro atoms. The van der Waals surface area contributed by atoms with E-state index in [2.05, 4.69) is 27.9 Å². The van der Waals surface area contributed by atoms with Gasteiger partial charge in [0.15, 0.2) is 0 Å². The van der Waals surface area contributed by atoms with E-state index >= 15 is 0 Å². The van der Waals surface area contributed by atoms with Crippen LogP contribution in [-0.4, -0.2) is 22.6 Å². The molecule has 2 aromatic heterocycles. The Bertz CT molecular complexity index is 1060. The van der Waals surface area contributed by atoms with Crippen LogP contribution in [0.25, 0.3) is 21.3 Å². The standard InChI is InChI=1S/C20H20N2O3S/c1-12-17(15-8-7-13-5-3-4-6-14(13)9-15)18-19(26-12)21-11-22(20(18)24)10-16(23)25-2/h7-9,11H,3-6,10H2,1-2H3. The van der Waals surface area contributed by atoms with Crippen molar-refractivity contribution in [2.45, 2.75) is 39.2 Å². The first kappa shape index (κ1) is 17.0. The second-order valence-corrected chi connectivity index (χ2v) is 7.86. The summed E-state index contributed by atoms with van der Waals surface area (Å²) in [5.74, 6) is -0.462. The lowest BCUT2D eigenvalue weighted by Crippen LogP contribution is -2.25. The van der Waals surface area contributed by atoms with Crippen molar-refractivity contribution in [1.82, 2.24) is 9.55 Å². The van der Waals surface area contributed by atoms with Gasteiger partial charge in [-0.25, -0.2) is 4.98 Å². The zero-order valence-electron chi connectivity index (χ0n) is 14.9. The van der Waals surface area contributed by atoms with Crippen molar-refractivity contribution in [3.8, 4) is 11.1 Å². The summed E-state index contributed by atoms with van der Waals surface area (Å²) in [7, 11) is 1.31. The highest BCUT2D eigenvalue weighted by Crippen LogP contribution is 2.37. The fraction of sp³-hybridized carbons (Fsp3) is 0.350. The molecule has 0 fully saturated rings. The van der Waals surface area contributed by atoms with Crippen LogP contribution in [0.15, 0.2) is 29.3 Å². The number of carbonyl (C=O) groups excluding carboxylic acids is 1. The number of thiophene rings is 1. The Hall–Kier alpha value is -2.47. The van der Waals surface area contributed by atoms with E-state index < -0.39 is 5.97 Å². The summed E-state index contributed by atoms with van der Waals surface area (Å²) in [5, 5.41) is 0.592. The van der Waals surface area contributed by atoms with Gasteiger partial charge in [-0.2, -0.15) is 0 Å². The van der Waals surface area contributed by atoms with Crippen molar-refractivity contribution in [2.75, 3.05) is 7.11 Å². The molecule has 0 aliphatic heterocycles. The van der Waals surface area contributed by atoms with Crippen LogP contribution in [-0.2, 0) is 28.9 Å². The van der Waals surface area contributed by atoms with Gasteiger partial charge in [-0.05, 0) is 49.3 Å². The first-order chi connectivity index (χ1) is 12.6. The fourth-order valence-corrected chi connectivity index (χ4v) is 4.69. The molecule has 1 aromatic carbocycles. The highest BCUT2D eigenvalue weighted by atomic mass is 32.1. The van der Waals surface area contributed by atoms with Crippen LogP contribution in [0.1, 0.15) is 28.8 Å². The molecule has 4 rings (SSSR count). The average Bonchev–Trinajstić information content (AvgIpc) is 3.00. The van der Waals surface area contributed by atoms with E-state index in [0.29, 0.717) is 10.2 Å². The summed E-state index contributed by atoms with van der Waals surface area (Å²) in [6.45, 7) is 1.89. The molecular weight excluding hydrogens is 348 g/mol. The van der Waals surface area contributed by atoms with Crippen LogP contribution < -0.4 is 5.56 Å². The van der Waals surface area contributed by atoms with E-state index in [0.717, 1.165) is 28.8 Å². The second-order valence-electron chi connectivity index (χ2n) is 6.66. The van der Waals surface area contributed by atoms with E-state index in [9.17, 15) is 9.59 Å². The maximum atomic E-state index is 13.0. The molecule has 0 bridgehead atoms. The number of aryl methyl sites for hydroxylation is 3. The zero-order valence-corrected chi connectivity index (χ0v) is 15.7. The molecule has 0 radical (unpaired) electrons. The number of nitrogens with zero attached hydrogens (tertiary/aromatic N) is 2. The van der Waals surface area contributed by atoms with Crippen molar-refractivity contribution in [1.29, 1.82) is 0 Å². The SMILES string of the molecule is COC(=O)Cn1cnc2sc(C)c(-c3ccc4c(c3)CCCC4)c2c1=O. The monoisotopic (exact) mass is 368 g/mol. The van der Waals surface area contributed by atoms with Crippen molar-refractivity contribution < 1.29 is 9.53 Å². The predicted molar refractivity (Wildman–Crippen MR) is 103 cm³/mol. The minimum atomic E-state index is -0.462. The summed E-state index contributed by atoms with van der Waals surface area (Å²) in [5.41, 5.74) is 4.60. The summed E-state index contributed by atoms with van der Waals surface area (Å²) < 4.78 is 6.00. The highest BCUT2D eigenvalue weighted by Gasteiger charge is 2.19. The number of aromatic nitrogens is 2. The van der Waals surface area contributed by atoms with Crippen molar-refractivity contribution in [3.63, 3.8) is 0 Å². The number of carbonyl (C=O) groups is 1. The molecule has 1 aliphatic rings. The fourth-order valence-electron chi connectivity index (χ4n) is 3.69. The number of ether oxygens (including phenoxy) is 1. The van der Waals surface area contributed by atoms with E-state index in [1.807, 2.05) is 6.92 Å². The molecule has 0 unspecified atom stereocenters. The lowest BCUT2D eigenvalue weighted by Gasteiger charge is -2.16. The molecule has 0 amide bonds. The lowest BCUT2D eigenvalue weighted by atomic mass is 9.89. The van der Waals surface area contributed by atoms with Crippen LogP contribution in [0.4, 0.5) is 0 Å². The first-order valence-corrected chi connectivity index (χ1v) is 9.57. The van der Waals surface area contributed by atoms with E-state index in [1.54, 1.807) is 0 Å². The van der Waals surface area contributed by atoms with E-state index in [-0.39, 0.29) is 12.1 Å². The van der Waals surface area contributed by atoms with Crippen molar-refractivity contribution in [2.24, 2.45) is 0 Å². The molecule has 0 N–H and O–H groups in total. The van der Waals surface area contributed by atoms with Gasteiger partial charge in [0.1, 0.15) is 11.4 Å². The van der Waals surface area contributed by atoms with E-state index in [4.69, 9.17) is 0 Å². The van der Waals surface area contributed by atoms with Gasteiger partial charge in [-0.3, -0.25) is 14.2 Å². The minimum absolute atomic E-state index is 0.128. The van der Waals surface area contributed by atoms with Crippen LogP contribution in [0.5, 0.6) is 0 Å². The molecule has 5 nitrogen and oxygen atoms in total. The van der Waals surface area contributed by atoms with Gasteiger partial charge in [0.2, 0.25) is 0 Å². The quantitative estimate of drug-likeness (QED) is 0.664. The van der Waals surface area contributed by atoms with Crippen molar-refractivity contribution in [3.05, 3.63) is 50.9 Å². The van der Waals surface area contributed by atoms with Gasteiger partial charge in [0.25, 0.3) is 5.56 Å². The smallest absolute Gasteiger partial charge is 0.325 e. The molecule has 0 atom stereocenters. The number of hydrogen-bond acceptors (Lipinski definition) is 5. The molecule has 0 saturated carbocycles. The van der Waals surface area contributed by atoms with Gasteiger partial charge in [0.05, 0.1) is 18.8 Å². The summed E-state index contributed by atoms with van der Waals surface area (Å²) in [4.78, 5) is 30.8. The number of hydrogen-bond donors (Lipinski definition) is 0. The third kappa shape index (κ3) is 2.84. The highest BCUT2D eigenvalue weighted by molar-refractivity contribution is 7.19. The summed E-state index contributed by atoms with van der Waals surface area (Å²) in [6, 6.07) is 6.52. The van der Waals surface area contributed by atoms with Gasteiger partial charge in [-0.1, -0.05) is 18.2 Å². The molecule has 1 aliphatic carbocycles. The molecule has 0 saturated heterocycles. The van der Waals surface area contributed by atoms with Gasteiger partial charge in [0, 0.05) is 10.4 Å². The largest absolute Gasteiger partial charge is 0.468 e. The molecule has 2 heterocycles. The molecule has 134 valence electrons. The second kappa shape index (κ2) is 6.68. The number of benzene rings is 1. The van der Waals surface area contributed by atoms with Crippen LogP contribution in [0.3, 0.4) is 0 Å². The van der Waals surface area contributed by atoms with Crippen LogP contribution >= 0.6 is 11.3 Å². The molecule has 3 aromatic rings. The minimum Gasteiger partial charge on any atom is -0.468 e. The Labute approximate surface area is 155 Å². The molecular formula is C20H20N2O3S. The number of esters is 1. The number of fused-ring (bicyclic) bond motifs is 2. The lowest BCUT2D eigenvalue weighted by molar-refractivity contribution is -0.141. The average molecular weight is 368 g/mol. The topological polar surface area (TPSA) is 61.2 Å². The zero-order chi connectivity index (χ0) is 18.3. The van der Waals surface area contributed by atoms with Crippen LogP contribution in [0, 0.1) is 6.92 Å². The van der Waals surface area contributed by atoms with Gasteiger partial charge < -0.3 is 4.74 Å². The van der Waals surface area contributed by atoms with Gasteiger partial charge in [-0.15, -0.1) is 11.3 Å². The Morgan fingerprint density at radius 2 is 2.04 bits per heavy atom. The third-order valence-corrected chi connectivity index (χ3v) is 6.03.